The number of nitrogens with one attached hydrogen (secondary N) is 1. The molecule has 1 aromatic rings. The number of hydrogen-bond donors (Lipinski definition) is 2. The molecule has 0 fully saturated rings. The molecule has 108 valence electrons. The first-order valence-electron chi connectivity index (χ1n) is 6.45. The van der Waals surface area contributed by atoms with Crippen LogP contribution in [0.4, 0.5) is 0 Å². The highest BCUT2D eigenvalue weighted by atomic mass is 35.5. The number of aliphatic hydroxyl groups is 1. The van der Waals surface area contributed by atoms with Crippen molar-refractivity contribution in [1.29, 1.82) is 0 Å². The van der Waals surface area contributed by atoms with Crippen molar-refractivity contribution < 1.29 is 9.84 Å². The van der Waals surface area contributed by atoms with Crippen molar-refractivity contribution in [3.8, 4) is 5.75 Å². The van der Waals surface area contributed by atoms with Gasteiger partial charge in [0, 0.05) is 12.1 Å². The molecule has 0 saturated heterocycles. The molecular weight excluding hydrogens is 262 g/mol. The molecule has 0 aliphatic heterocycles. The zero-order chi connectivity index (χ0) is 14.7. The molecule has 0 bridgehead atoms. The van der Waals surface area contributed by atoms with Crippen LogP contribution in [0.1, 0.15) is 40.2 Å². The second kappa shape index (κ2) is 6.12. The van der Waals surface area contributed by atoms with Gasteiger partial charge in [-0.1, -0.05) is 17.7 Å². The fourth-order valence-electron chi connectivity index (χ4n) is 1.39. The highest BCUT2D eigenvalue weighted by Crippen LogP contribution is 2.26. The lowest BCUT2D eigenvalue weighted by Crippen LogP contribution is -2.35. The summed E-state index contributed by atoms with van der Waals surface area (Å²) >= 11 is 6.17. The van der Waals surface area contributed by atoms with Gasteiger partial charge in [0.15, 0.2) is 0 Å². The predicted octanol–water partition coefficient (Wildman–Crippen LogP) is 3.38. The zero-order valence-corrected chi connectivity index (χ0v) is 13.1. The minimum atomic E-state index is -0.865. The van der Waals surface area contributed by atoms with Crippen LogP contribution in [0.3, 0.4) is 0 Å². The number of benzene rings is 1. The van der Waals surface area contributed by atoms with Crippen LogP contribution in [0.5, 0.6) is 5.75 Å². The van der Waals surface area contributed by atoms with E-state index in [1.165, 1.54) is 0 Å². The lowest BCUT2D eigenvalue weighted by molar-refractivity contribution is 0.0285. The molecule has 0 saturated carbocycles. The molecule has 0 amide bonds. The summed E-state index contributed by atoms with van der Waals surface area (Å²) in [6, 6.07) is 5.71. The number of ether oxygens (including phenoxy) is 1. The fourth-order valence-corrected chi connectivity index (χ4v) is 1.65. The van der Waals surface area contributed by atoms with Crippen LogP contribution in [0.25, 0.3) is 0 Å². The Hall–Kier alpha value is -0.770. The molecule has 19 heavy (non-hydrogen) atoms. The van der Waals surface area contributed by atoms with Gasteiger partial charge in [0.25, 0.3) is 0 Å². The van der Waals surface area contributed by atoms with Gasteiger partial charge in [-0.3, -0.25) is 0 Å². The van der Waals surface area contributed by atoms with E-state index in [4.69, 9.17) is 16.3 Å². The molecule has 1 aromatic carbocycles. The standard InChI is InChI=1S/C15H24ClNO2/c1-14(2,3)17-9-11-6-7-13(12(16)8-11)19-10-15(4,5)18/h6-8,17-18H,9-10H2,1-5H3. The average molecular weight is 286 g/mol. The molecule has 0 radical (unpaired) electrons. The second-order valence-electron chi connectivity index (χ2n) is 6.47. The Morgan fingerprint density at radius 3 is 2.32 bits per heavy atom. The van der Waals surface area contributed by atoms with Crippen molar-refractivity contribution >= 4 is 11.6 Å². The molecule has 0 heterocycles. The highest BCUT2D eigenvalue weighted by Gasteiger charge is 2.15. The first kappa shape index (κ1) is 16.3. The van der Waals surface area contributed by atoms with Crippen LogP contribution in [0.15, 0.2) is 18.2 Å². The van der Waals surface area contributed by atoms with E-state index in [9.17, 15) is 5.11 Å². The summed E-state index contributed by atoms with van der Waals surface area (Å²) in [6.07, 6.45) is 0. The van der Waals surface area contributed by atoms with Crippen molar-refractivity contribution in [1.82, 2.24) is 5.32 Å². The Labute approximate surface area is 120 Å². The summed E-state index contributed by atoms with van der Waals surface area (Å²) in [5.74, 6) is 0.600. The quantitative estimate of drug-likeness (QED) is 0.871. The van der Waals surface area contributed by atoms with Gasteiger partial charge in [-0.15, -0.1) is 0 Å². The molecule has 0 aromatic heterocycles. The topological polar surface area (TPSA) is 41.5 Å². The van der Waals surface area contributed by atoms with E-state index in [1.54, 1.807) is 13.8 Å². The van der Waals surface area contributed by atoms with Crippen LogP contribution >= 0.6 is 11.6 Å². The summed E-state index contributed by atoms with van der Waals surface area (Å²) in [4.78, 5) is 0. The van der Waals surface area contributed by atoms with Crippen molar-refractivity contribution in [3.05, 3.63) is 28.8 Å². The molecule has 4 heteroatoms. The molecule has 0 aliphatic rings. The van der Waals surface area contributed by atoms with Gasteiger partial charge in [0.05, 0.1) is 10.6 Å². The fraction of sp³-hybridized carbons (Fsp3) is 0.600. The SMILES string of the molecule is CC(C)(O)COc1ccc(CNC(C)(C)C)cc1Cl. The summed E-state index contributed by atoms with van der Waals surface area (Å²) in [6.45, 7) is 10.7. The third-order valence-electron chi connectivity index (χ3n) is 2.40. The van der Waals surface area contributed by atoms with Gasteiger partial charge in [-0.2, -0.15) is 0 Å². The lowest BCUT2D eigenvalue weighted by Gasteiger charge is -2.21. The summed E-state index contributed by atoms with van der Waals surface area (Å²) < 4.78 is 5.50. The molecule has 1 rings (SSSR count). The molecule has 3 nitrogen and oxygen atoms in total. The number of rotatable bonds is 5. The molecular formula is C15H24ClNO2. The molecule has 0 aliphatic carbocycles. The summed E-state index contributed by atoms with van der Waals surface area (Å²) in [5, 5.41) is 13.6. The van der Waals surface area contributed by atoms with Crippen LogP contribution in [-0.2, 0) is 6.54 Å². The van der Waals surface area contributed by atoms with E-state index >= 15 is 0 Å². The van der Waals surface area contributed by atoms with E-state index in [1.807, 2.05) is 18.2 Å². The third-order valence-corrected chi connectivity index (χ3v) is 2.70. The van der Waals surface area contributed by atoms with Gasteiger partial charge in [-0.25, -0.2) is 0 Å². The minimum Gasteiger partial charge on any atom is -0.489 e. The maximum Gasteiger partial charge on any atom is 0.138 e. The van der Waals surface area contributed by atoms with Crippen LogP contribution in [-0.4, -0.2) is 22.9 Å². The predicted molar refractivity (Wildman–Crippen MR) is 79.8 cm³/mol. The van der Waals surface area contributed by atoms with Crippen molar-refractivity contribution in [3.63, 3.8) is 0 Å². The van der Waals surface area contributed by atoms with Crippen molar-refractivity contribution in [2.75, 3.05) is 6.61 Å². The first-order chi connectivity index (χ1) is 8.57. The van der Waals surface area contributed by atoms with Gasteiger partial charge in [0.2, 0.25) is 0 Å². The molecule has 2 N–H and O–H groups in total. The maximum absolute atomic E-state index is 9.62. The smallest absolute Gasteiger partial charge is 0.138 e. The number of hydrogen-bond acceptors (Lipinski definition) is 3. The Bertz CT molecular complexity index is 419. The van der Waals surface area contributed by atoms with Crippen molar-refractivity contribution in [2.45, 2.75) is 52.3 Å². The van der Waals surface area contributed by atoms with Gasteiger partial charge in [0.1, 0.15) is 12.4 Å². The van der Waals surface area contributed by atoms with E-state index in [2.05, 4.69) is 26.1 Å². The Morgan fingerprint density at radius 2 is 1.84 bits per heavy atom. The molecule has 0 unspecified atom stereocenters. The van der Waals surface area contributed by atoms with Gasteiger partial charge < -0.3 is 15.2 Å². The summed E-state index contributed by atoms with van der Waals surface area (Å²) in [5.41, 5.74) is 0.314. The maximum atomic E-state index is 9.62. The van der Waals surface area contributed by atoms with Crippen LogP contribution < -0.4 is 10.1 Å². The third kappa shape index (κ3) is 6.81. The minimum absolute atomic E-state index is 0.0720. The van der Waals surface area contributed by atoms with E-state index < -0.39 is 5.60 Å². The van der Waals surface area contributed by atoms with Crippen molar-refractivity contribution in [2.24, 2.45) is 0 Å². The van der Waals surface area contributed by atoms with Gasteiger partial charge in [-0.05, 0) is 52.3 Å². The number of halogens is 1. The van der Waals surface area contributed by atoms with E-state index in [-0.39, 0.29) is 12.1 Å². The zero-order valence-electron chi connectivity index (χ0n) is 12.4. The van der Waals surface area contributed by atoms with E-state index in [0.29, 0.717) is 10.8 Å². The van der Waals surface area contributed by atoms with Crippen LogP contribution in [0, 0.1) is 0 Å². The lowest BCUT2D eigenvalue weighted by atomic mass is 10.1. The Kier molecular flexibility index (Phi) is 5.25. The van der Waals surface area contributed by atoms with Crippen LogP contribution in [0.2, 0.25) is 5.02 Å². The first-order valence-corrected chi connectivity index (χ1v) is 6.83. The average Bonchev–Trinajstić information content (AvgIpc) is 2.22. The molecule has 0 spiro atoms. The molecule has 0 atom stereocenters. The normalized spacial score (nSPS) is 12.6. The monoisotopic (exact) mass is 285 g/mol. The summed E-state index contributed by atoms with van der Waals surface area (Å²) in [7, 11) is 0. The highest BCUT2D eigenvalue weighted by molar-refractivity contribution is 6.32. The van der Waals surface area contributed by atoms with E-state index in [0.717, 1.165) is 12.1 Å². The van der Waals surface area contributed by atoms with Gasteiger partial charge >= 0.3 is 0 Å². The largest absolute Gasteiger partial charge is 0.489 e. The Morgan fingerprint density at radius 1 is 1.21 bits per heavy atom. The Balaban J connectivity index is 2.64. The second-order valence-corrected chi connectivity index (χ2v) is 6.88.